The monoisotopic (exact) mass is 236 g/mol. The van der Waals surface area contributed by atoms with E-state index < -0.39 is 0 Å². The second kappa shape index (κ2) is 4.32. The molecule has 0 aromatic carbocycles. The Morgan fingerprint density at radius 1 is 1.50 bits per heavy atom. The Balaban J connectivity index is 2.18. The zero-order valence-corrected chi connectivity index (χ0v) is 9.25. The first kappa shape index (κ1) is 10.6. The van der Waals surface area contributed by atoms with E-state index in [4.69, 9.17) is 11.6 Å². The molecule has 5 nitrogen and oxygen atoms in total. The van der Waals surface area contributed by atoms with Crippen LogP contribution in [0, 0.1) is 6.92 Å². The molecular formula is C10H9ClN4O. The molecule has 0 spiro atoms. The van der Waals surface area contributed by atoms with Crippen molar-refractivity contribution in [3.8, 4) is 0 Å². The third-order valence-corrected chi connectivity index (χ3v) is 2.27. The maximum absolute atomic E-state index is 11.7. The number of aromatic amines is 1. The molecule has 82 valence electrons. The first-order chi connectivity index (χ1) is 7.66. The van der Waals surface area contributed by atoms with Crippen molar-refractivity contribution in [1.29, 1.82) is 0 Å². The lowest BCUT2D eigenvalue weighted by Gasteiger charge is -2.06. The third-order valence-electron chi connectivity index (χ3n) is 2.06. The summed E-state index contributed by atoms with van der Waals surface area (Å²) in [5, 5.41) is 9.39. The summed E-state index contributed by atoms with van der Waals surface area (Å²) in [6.45, 7) is 1.77. The number of anilines is 1. The number of pyridine rings is 1. The zero-order valence-electron chi connectivity index (χ0n) is 8.49. The Morgan fingerprint density at radius 3 is 2.94 bits per heavy atom. The average Bonchev–Trinajstić information content (AvgIpc) is 2.75. The van der Waals surface area contributed by atoms with Gasteiger partial charge in [0.2, 0.25) is 0 Å². The summed E-state index contributed by atoms with van der Waals surface area (Å²) < 4.78 is 0. The topological polar surface area (TPSA) is 70.7 Å². The van der Waals surface area contributed by atoms with E-state index in [2.05, 4.69) is 20.5 Å². The highest BCUT2D eigenvalue weighted by atomic mass is 35.5. The summed E-state index contributed by atoms with van der Waals surface area (Å²) in [5.41, 5.74) is 1.77. The molecule has 2 rings (SSSR count). The molecule has 0 bridgehead atoms. The molecule has 0 unspecified atom stereocenters. The largest absolute Gasteiger partial charge is 0.320 e. The van der Waals surface area contributed by atoms with E-state index in [0.29, 0.717) is 22.1 Å². The van der Waals surface area contributed by atoms with Gasteiger partial charge in [-0.25, -0.2) is 4.98 Å². The molecule has 2 aromatic heterocycles. The van der Waals surface area contributed by atoms with Gasteiger partial charge < -0.3 is 5.32 Å². The molecule has 0 saturated heterocycles. The Bertz CT molecular complexity index is 510. The van der Waals surface area contributed by atoms with E-state index in [-0.39, 0.29) is 5.91 Å². The number of amides is 1. The van der Waals surface area contributed by atoms with E-state index in [1.165, 1.54) is 12.4 Å². The number of nitrogens with zero attached hydrogens (tertiary/aromatic N) is 2. The predicted molar refractivity (Wildman–Crippen MR) is 60.5 cm³/mol. The summed E-state index contributed by atoms with van der Waals surface area (Å²) in [6.07, 6.45) is 2.97. The van der Waals surface area contributed by atoms with E-state index in [1.54, 1.807) is 19.1 Å². The highest BCUT2D eigenvalue weighted by molar-refractivity contribution is 6.29. The fourth-order valence-corrected chi connectivity index (χ4v) is 1.42. The lowest BCUT2D eigenvalue weighted by Crippen LogP contribution is -2.12. The van der Waals surface area contributed by atoms with Gasteiger partial charge in [-0.3, -0.25) is 9.89 Å². The Hall–Kier alpha value is -1.88. The molecule has 16 heavy (non-hydrogen) atoms. The lowest BCUT2D eigenvalue weighted by atomic mass is 10.3. The third kappa shape index (κ3) is 2.20. The number of rotatable bonds is 2. The summed E-state index contributed by atoms with van der Waals surface area (Å²) in [7, 11) is 0. The molecule has 0 aliphatic rings. The average molecular weight is 237 g/mol. The van der Waals surface area contributed by atoms with Crippen LogP contribution in [-0.4, -0.2) is 21.1 Å². The number of hydrogen-bond donors (Lipinski definition) is 2. The predicted octanol–water partition coefficient (Wildman–Crippen LogP) is 2.02. The summed E-state index contributed by atoms with van der Waals surface area (Å²) in [4.78, 5) is 15.7. The zero-order chi connectivity index (χ0) is 11.5. The molecule has 6 heteroatoms. The van der Waals surface area contributed by atoms with Gasteiger partial charge in [0.1, 0.15) is 5.15 Å². The highest BCUT2D eigenvalue weighted by Gasteiger charge is 2.09. The molecule has 0 radical (unpaired) electrons. The van der Waals surface area contributed by atoms with E-state index in [1.807, 2.05) is 0 Å². The minimum absolute atomic E-state index is 0.235. The molecular weight excluding hydrogens is 228 g/mol. The quantitative estimate of drug-likeness (QED) is 0.784. The Morgan fingerprint density at radius 2 is 2.31 bits per heavy atom. The number of H-pyrrole nitrogens is 1. The molecule has 0 aliphatic carbocycles. The van der Waals surface area contributed by atoms with Crippen molar-refractivity contribution in [2.24, 2.45) is 0 Å². The second-order valence-electron chi connectivity index (χ2n) is 3.21. The molecule has 2 N–H and O–H groups in total. The van der Waals surface area contributed by atoms with Gasteiger partial charge in [-0.1, -0.05) is 11.6 Å². The van der Waals surface area contributed by atoms with E-state index in [0.717, 1.165) is 0 Å². The SMILES string of the molecule is Cc1nc(Cl)ccc1NC(=O)c1cn[nH]c1. The van der Waals surface area contributed by atoms with E-state index >= 15 is 0 Å². The molecule has 2 aromatic rings. The number of nitrogens with one attached hydrogen (secondary N) is 2. The van der Waals surface area contributed by atoms with Gasteiger partial charge in [0.05, 0.1) is 23.1 Å². The summed E-state index contributed by atoms with van der Waals surface area (Å²) in [5.74, 6) is -0.235. The lowest BCUT2D eigenvalue weighted by molar-refractivity contribution is 0.102. The smallest absolute Gasteiger partial charge is 0.258 e. The van der Waals surface area contributed by atoms with Gasteiger partial charge in [0.25, 0.3) is 5.91 Å². The van der Waals surface area contributed by atoms with Crippen molar-refractivity contribution in [3.63, 3.8) is 0 Å². The van der Waals surface area contributed by atoms with Crippen LogP contribution >= 0.6 is 11.6 Å². The number of carbonyl (C=O) groups excluding carboxylic acids is 1. The Labute approximate surface area is 96.8 Å². The summed E-state index contributed by atoms with van der Waals surface area (Å²) in [6, 6.07) is 3.34. The van der Waals surface area contributed by atoms with Crippen LogP contribution in [0.15, 0.2) is 24.5 Å². The van der Waals surface area contributed by atoms with Crippen molar-refractivity contribution < 1.29 is 4.79 Å². The van der Waals surface area contributed by atoms with E-state index in [9.17, 15) is 4.79 Å². The fraction of sp³-hybridized carbons (Fsp3) is 0.100. The van der Waals surface area contributed by atoms with Crippen molar-refractivity contribution >= 4 is 23.2 Å². The number of halogens is 1. The second-order valence-corrected chi connectivity index (χ2v) is 3.60. The van der Waals surface area contributed by atoms with Crippen molar-refractivity contribution in [2.45, 2.75) is 6.92 Å². The first-order valence-electron chi connectivity index (χ1n) is 4.60. The number of carbonyl (C=O) groups is 1. The van der Waals surface area contributed by atoms with Crippen LogP contribution in [0.3, 0.4) is 0 Å². The molecule has 0 aliphatic heterocycles. The number of hydrogen-bond acceptors (Lipinski definition) is 3. The molecule has 0 fully saturated rings. The highest BCUT2D eigenvalue weighted by Crippen LogP contribution is 2.16. The van der Waals surface area contributed by atoms with Gasteiger partial charge in [0, 0.05) is 6.20 Å². The normalized spacial score (nSPS) is 10.1. The van der Waals surface area contributed by atoms with Gasteiger partial charge >= 0.3 is 0 Å². The van der Waals surface area contributed by atoms with Crippen LogP contribution in [-0.2, 0) is 0 Å². The van der Waals surface area contributed by atoms with Gasteiger partial charge in [-0.05, 0) is 19.1 Å². The maximum Gasteiger partial charge on any atom is 0.258 e. The van der Waals surface area contributed by atoms with Crippen molar-refractivity contribution in [3.05, 3.63) is 40.9 Å². The standard InChI is InChI=1S/C10H9ClN4O/c1-6-8(2-3-9(11)14-6)15-10(16)7-4-12-13-5-7/h2-5H,1H3,(H,12,13)(H,15,16). The molecule has 0 atom stereocenters. The van der Waals surface area contributed by atoms with Crippen LogP contribution in [0.5, 0.6) is 0 Å². The minimum Gasteiger partial charge on any atom is -0.320 e. The van der Waals surface area contributed by atoms with Gasteiger partial charge in [0.15, 0.2) is 0 Å². The maximum atomic E-state index is 11.7. The van der Waals surface area contributed by atoms with Crippen LogP contribution < -0.4 is 5.32 Å². The van der Waals surface area contributed by atoms with Crippen LogP contribution in [0.25, 0.3) is 0 Å². The Kier molecular flexibility index (Phi) is 2.87. The number of aryl methyl sites for hydroxylation is 1. The van der Waals surface area contributed by atoms with Crippen molar-refractivity contribution in [1.82, 2.24) is 15.2 Å². The van der Waals surface area contributed by atoms with Crippen molar-refractivity contribution in [2.75, 3.05) is 5.32 Å². The molecule has 2 heterocycles. The minimum atomic E-state index is -0.235. The molecule has 0 saturated carbocycles. The first-order valence-corrected chi connectivity index (χ1v) is 4.98. The van der Waals surface area contributed by atoms with Gasteiger partial charge in [-0.15, -0.1) is 0 Å². The number of aromatic nitrogens is 3. The van der Waals surface area contributed by atoms with Gasteiger partial charge in [-0.2, -0.15) is 5.10 Å². The van der Waals surface area contributed by atoms with Crippen LogP contribution in [0.2, 0.25) is 5.15 Å². The van der Waals surface area contributed by atoms with Crippen LogP contribution in [0.4, 0.5) is 5.69 Å². The molecule has 1 amide bonds. The summed E-state index contributed by atoms with van der Waals surface area (Å²) >= 11 is 5.71. The van der Waals surface area contributed by atoms with Crippen LogP contribution in [0.1, 0.15) is 16.1 Å². The fourth-order valence-electron chi connectivity index (χ4n) is 1.23.